The molecule has 0 fully saturated rings. The lowest BCUT2D eigenvalue weighted by Crippen LogP contribution is -2.54. The summed E-state index contributed by atoms with van der Waals surface area (Å²) in [6, 6.07) is 3.42. The van der Waals surface area contributed by atoms with E-state index in [1.54, 1.807) is 39.0 Å². The second kappa shape index (κ2) is 8.88. The van der Waals surface area contributed by atoms with Gasteiger partial charge in [0.2, 0.25) is 5.78 Å². The van der Waals surface area contributed by atoms with Crippen molar-refractivity contribution in [3.05, 3.63) is 65.4 Å². The number of hydrogen-bond donors (Lipinski definition) is 0. The van der Waals surface area contributed by atoms with E-state index in [0.717, 1.165) is 11.3 Å². The molecule has 0 N–H and O–H groups in total. The summed E-state index contributed by atoms with van der Waals surface area (Å²) >= 11 is 0.827. The van der Waals surface area contributed by atoms with Crippen LogP contribution in [0.3, 0.4) is 0 Å². The first-order valence-corrected chi connectivity index (χ1v) is 11.5. The van der Waals surface area contributed by atoms with Crippen molar-refractivity contribution in [2.45, 2.75) is 39.0 Å². The lowest BCUT2D eigenvalue weighted by Gasteiger charge is -2.21. The minimum absolute atomic E-state index is 0.0764. The van der Waals surface area contributed by atoms with Crippen molar-refractivity contribution in [3.8, 4) is 10.6 Å². The Hall–Kier alpha value is -3.60. The molecule has 1 aliphatic carbocycles. The van der Waals surface area contributed by atoms with E-state index in [1.807, 2.05) is 0 Å². The maximum atomic E-state index is 13.6. The van der Waals surface area contributed by atoms with Crippen LogP contribution < -0.4 is 4.57 Å². The summed E-state index contributed by atoms with van der Waals surface area (Å²) in [6.45, 7) is 5.08. The predicted octanol–water partition coefficient (Wildman–Crippen LogP) is 4.55. The van der Waals surface area contributed by atoms with Crippen LogP contribution in [-0.2, 0) is 4.74 Å². The molecule has 0 spiro atoms. The normalized spacial score (nSPS) is 17.5. The van der Waals surface area contributed by atoms with Gasteiger partial charge in [0.05, 0.1) is 16.9 Å². The molecule has 1 aliphatic heterocycles. The van der Waals surface area contributed by atoms with Crippen molar-refractivity contribution >= 4 is 35.3 Å². The Bertz CT molecular complexity index is 1290. The molecule has 1 amide bonds. The van der Waals surface area contributed by atoms with Crippen molar-refractivity contribution < 1.29 is 41.4 Å². The number of aromatic nitrogens is 2. The van der Waals surface area contributed by atoms with E-state index >= 15 is 0 Å². The van der Waals surface area contributed by atoms with Crippen LogP contribution in [0.5, 0.6) is 0 Å². The van der Waals surface area contributed by atoms with Crippen molar-refractivity contribution in [2.75, 3.05) is 0 Å². The highest BCUT2D eigenvalue weighted by Gasteiger charge is 2.53. The smallest absolute Gasteiger partial charge is 0.441 e. The third-order valence-corrected chi connectivity index (χ3v) is 6.13. The van der Waals surface area contributed by atoms with E-state index < -0.39 is 41.2 Å². The van der Waals surface area contributed by atoms with Gasteiger partial charge in [0.1, 0.15) is 17.9 Å². The molecule has 3 heterocycles. The molecule has 182 valence electrons. The standard InChI is InChI=1S/C24H21F3N3O4S/c1-23(2,3)34-22(33)29-12-16(15-8-4-5-9-17(15)29)19(31)18-13-35-20(14-7-6-10-28-11-14)30(18)21(32)24(25,26)27/h5-13,16H,4H2,1-3H3/q+1. The van der Waals surface area contributed by atoms with Gasteiger partial charge in [0, 0.05) is 12.4 Å². The van der Waals surface area contributed by atoms with Gasteiger partial charge >= 0.3 is 18.2 Å². The topological polar surface area (TPSA) is 80.2 Å². The molecule has 0 radical (unpaired) electrons. The fraction of sp³-hybridized carbons (Fsp3) is 0.292. The average molecular weight is 505 g/mol. The zero-order valence-electron chi connectivity index (χ0n) is 19.0. The van der Waals surface area contributed by atoms with Crippen LogP contribution in [-0.4, -0.2) is 45.3 Å². The van der Waals surface area contributed by atoms with Gasteiger partial charge in [-0.05, 0) is 38.5 Å². The SMILES string of the molecule is CC(C)(C)OC(=O)[N+]1=CC(C(=O)c2csc(-c3cccnc3)[n+]2C(=O)C(F)(F)F)C2=CCC=C[C-]21. The van der Waals surface area contributed by atoms with Crippen molar-refractivity contribution in [2.24, 2.45) is 5.92 Å². The number of halogens is 3. The molecule has 0 saturated carbocycles. The Morgan fingerprint density at radius 1 is 1.23 bits per heavy atom. The number of alkyl halides is 3. The molecule has 11 heteroatoms. The molecule has 2 aliphatic rings. The number of amides is 1. The third-order valence-electron chi connectivity index (χ3n) is 5.14. The maximum Gasteiger partial charge on any atom is 0.533 e. The Morgan fingerprint density at radius 2 is 1.97 bits per heavy atom. The quantitative estimate of drug-likeness (QED) is 0.348. The van der Waals surface area contributed by atoms with Crippen LogP contribution >= 0.6 is 11.3 Å². The van der Waals surface area contributed by atoms with Crippen LogP contribution in [0, 0.1) is 12.0 Å². The highest BCUT2D eigenvalue weighted by molar-refractivity contribution is 7.13. The number of hydrogen-bond acceptors (Lipinski definition) is 6. The zero-order valence-corrected chi connectivity index (χ0v) is 19.8. The molecule has 7 nitrogen and oxygen atoms in total. The Kier molecular flexibility index (Phi) is 6.22. The number of nitrogens with zero attached hydrogens (tertiary/aromatic N) is 3. The van der Waals surface area contributed by atoms with Crippen LogP contribution in [0.4, 0.5) is 18.0 Å². The van der Waals surface area contributed by atoms with E-state index in [0.29, 0.717) is 22.6 Å². The minimum atomic E-state index is -5.22. The number of carbonyl (C=O) groups is 3. The number of rotatable bonds is 3. The Morgan fingerprint density at radius 3 is 2.60 bits per heavy atom. The molecular formula is C24H21F3N3O4S+. The summed E-state index contributed by atoms with van der Waals surface area (Å²) in [7, 11) is 0. The lowest BCUT2D eigenvalue weighted by atomic mass is 9.88. The maximum absolute atomic E-state index is 13.6. The summed E-state index contributed by atoms with van der Waals surface area (Å²) in [5.41, 5.74) is -0.516. The van der Waals surface area contributed by atoms with Gasteiger partial charge in [0.15, 0.2) is 0 Å². The second-order valence-electron chi connectivity index (χ2n) is 8.83. The van der Waals surface area contributed by atoms with Gasteiger partial charge in [-0.1, -0.05) is 28.4 Å². The number of carbonyl (C=O) groups excluding carboxylic acids is 3. The second-order valence-corrected chi connectivity index (χ2v) is 9.69. The number of pyridine rings is 1. The fourth-order valence-corrected chi connectivity index (χ4v) is 4.73. The van der Waals surface area contributed by atoms with Crippen molar-refractivity contribution in [1.82, 2.24) is 4.98 Å². The van der Waals surface area contributed by atoms with Gasteiger partial charge in [0.25, 0.3) is 10.7 Å². The van der Waals surface area contributed by atoms with Gasteiger partial charge in [-0.15, -0.1) is 12.2 Å². The molecule has 1 unspecified atom stereocenters. The van der Waals surface area contributed by atoms with E-state index in [2.05, 4.69) is 4.98 Å². The number of allylic oxidation sites excluding steroid dienone is 2. The summed E-state index contributed by atoms with van der Waals surface area (Å²) < 4.78 is 47.6. The first-order valence-electron chi connectivity index (χ1n) is 10.6. The first kappa shape index (κ1) is 24.5. The Labute approximate surface area is 202 Å². The van der Waals surface area contributed by atoms with Crippen molar-refractivity contribution in [3.63, 3.8) is 0 Å². The summed E-state index contributed by atoms with van der Waals surface area (Å²) in [4.78, 5) is 42.7. The summed E-state index contributed by atoms with van der Waals surface area (Å²) in [5.74, 6) is -4.02. The molecule has 1 atom stereocenters. The van der Waals surface area contributed by atoms with E-state index in [4.69, 9.17) is 4.74 Å². The minimum Gasteiger partial charge on any atom is -0.441 e. The van der Waals surface area contributed by atoms with Crippen molar-refractivity contribution in [1.29, 1.82) is 0 Å². The molecule has 0 aromatic carbocycles. The first-order chi connectivity index (χ1) is 16.4. The van der Waals surface area contributed by atoms with Gasteiger partial charge in [-0.2, -0.15) is 17.7 Å². The predicted molar refractivity (Wildman–Crippen MR) is 120 cm³/mol. The molecule has 4 rings (SSSR count). The third kappa shape index (κ3) is 4.81. The monoisotopic (exact) mass is 504 g/mol. The molecule has 0 bridgehead atoms. The van der Waals surface area contributed by atoms with Gasteiger partial charge < -0.3 is 4.74 Å². The largest absolute Gasteiger partial charge is 0.533 e. The number of fused-ring (bicyclic) bond motifs is 1. The van der Waals surface area contributed by atoms with Crippen LogP contribution in [0.1, 0.15) is 42.5 Å². The van der Waals surface area contributed by atoms with Crippen LogP contribution in [0.15, 0.2) is 53.7 Å². The fourth-order valence-electron chi connectivity index (χ4n) is 3.74. The number of ether oxygens (including phenoxy) is 1. The lowest BCUT2D eigenvalue weighted by molar-refractivity contribution is -0.573. The number of ketones is 1. The van der Waals surface area contributed by atoms with Crippen LogP contribution in [0.25, 0.3) is 10.6 Å². The summed E-state index contributed by atoms with van der Waals surface area (Å²) in [6.07, 6.45) is 3.78. The van der Waals surface area contributed by atoms with E-state index in [9.17, 15) is 27.6 Å². The number of thiazole rings is 1. The van der Waals surface area contributed by atoms with Gasteiger partial charge in [-0.25, -0.2) is 9.59 Å². The zero-order chi connectivity index (χ0) is 25.5. The van der Waals surface area contributed by atoms with E-state index in [-0.39, 0.29) is 10.6 Å². The molecule has 35 heavy (non-hydrogen) atoms. The molecule has 2 aromatic rings. The van der Waals surface area contributed by atoms with Crippen LogP contribution in [0.2, 0.25) is 0 Å². The molecular weight excluding hydrogens is 483 g/mol. The highest BCUT2D eigenvalue weighted by Crippen LogP contribution is 2.36. The summed E-state index contributed by atoms with van der Waals surface area (Å²) in [5, 5.41) is 1.14. The Balaban J connectivity index is 1.80. The number of Topliss-reactive ketones (excluding diaryl/α,β-unsaturated/α-hetero) is 1. The molecule has 0 saturated heterocycles. The average Bonchev–Trinajstić information content (AvgIpc) is 3.39. The van der Waals surface area contributed by atoms with E-state index in [1.165, 1.54) is 40.7 Å². The highest BCUT2D eigenvalue weighted by atomic mass is 32.1. The van der Waals surface area contributed by atoms with Gasteiger partial charge in [-0.3, -0.25) is 9.78 Å². The molecule has 2 aromatic heterocycles.